The van der Waals surface area contributed by atoms with Gasteiger partial charge in [-0.15, -0.1) is 0 Å². The number of ether oxygens (including phenoxy) is 4. The molecular formula is C14H23NO4. The van der Waals surface area contributed by atoms with Gasteiger partial charge in [0, 0.05) is 12.1 Å². The second kappa shape index (κ2) is 8.48. The monoisotopic (exact) mass is 269 g/mol. The Bertz CT molecular complexity index is 357. The van der Waals surface area contributed by atoms with E-state index in [-0.39, 0.29) is 0 Å². The Morgan fingerprint density at radius 2 is 1.53 bits per heavy atom. The Hall–Kier alpha value is -1.62. The second-order valence-electron chi connectivity index (χ2n) is 4.06. The first-order chi connectivity index (χ1) is 9.26. The Morgan fingerprint density at radius 3 is 2.00 bits per heavy atom. The number of rotatable bonds is 9. The van der Waals surface area contributed by atoms with E-state index in [0.717, 1.165) is 25.8 Å². The highest BCUT2D eigenvalue weighted by Gasteiger charge is 2.13. The molecule has 19 heavy (non-hydrogen) atoms. The van der Waals surface area contributed by atoms with Gasteiger partial charge in [-0.25, -0.2) is 0 Å². The molecule has 0 aliphatic carbocycles. The van der Waals surface area contributed by atoms with E-state index >= 15 is 0 Å². The van der Waals surface area contributed by atoms with E-state index in [0.29, 0.717) is 29.6 Å². The Kier molecular flexibility index (Phi) is 6.89. The first-order valence-electron chi connectivity index (χ1n) is 6.39. The summed E-state index contributed by atoms with van der Waals surface area (Å²) in [6.07, 6.45) is 3.08. The van der Waals surface area contributed by atoms with Crippen LogP contribution < -0.4 is 24.7 Å². The van der Waals surface area contributed by atoms with Crippen molar-refractivity contribution >= 4 is 0 Å². The van der Waals surface area contributed by atoms with Gasteiger partial charge in [-0.1, -0.05) is 0 Å². The van der Waals surface area contributed by atoms with Crippen LogP contribution in [0.3, 0.4) is 0 Å². The summed E-state index contributed by atoms with van der Waals surface area (Å²) in [4.78, 5) is 0. The molecule has 0 saturated carbocycles. The van der Waals surface area contributed by atoms with Gasteiger partial charge in [-0.2, -0.15) is 0 Å². The average molecular weight is 269 g/mol. The van der Waals surface area contributed by atoms with Gasteiger partial charge in [0.05, 0.1) is 27.9 Å². The van der Waals surface area contributed by atoms with Gasteiger partial charge in [0.1, 0.15) is 5.75 Å². The molecular weight excluding hydrogens is 246 g/mol. The van der Waals surface area contributed by atoms with Gasteiger partial charge in [0.2, 0.25) is 5.75 Å². The lowest BCUT2D eigenvalue weighted by molar-refractivity contribution is 0.292. The summed E-state index contributed by atoms with van der Waals surface area (Å²) in [6.45, 7) is 1.38. The molecule has 108 valence electrons. The van der Waals surface area contributed by atoms with Crippen molar-refractivity contribution in [3.05, 3.63) is 12.1 Å². The van der Waals surface area contributed by atoms with Gasteiger partial charge in [0.15, 0.2) is 11.5 Å². The van der Waals surface area contributed by atoms with Gasteiger partial charge < -0.3 is 24.7 Å². The maximum atomic E-state index is 5.68. The third kappa shape index (κ3) is 4.52. The third-order valence-electron chi connectivity index (χ3n) is 2.76. The van der Waals surface area contributed by atoms with Crippen molar-refractivity contribution in [3.8, 4) is 23.0 Å². The van der Waals surface area contributed by atoms with Gasteiger partial charge in [-0.3, -0.25) is 0 Å². The molecule has 0 aromatic heterocycles. The molecule has 1 aromatic rings. The van der Waals surface area contributed by atoms with E-state index in [1.54, 1.807) is 33.5 Å². The SMILES string of the molecule is COc1cc(OCCCCCN)cc(OC)c1OC. The molecule has 0 bridgehead atoms. The van der Waals surface area contributed by atoms with Gasteiger partial charge in [-0.05, 0) is 25.8 Å². The van der Waals surface area contributed by atoms with E-state index in [4.69, 9.17) is 24.7 Å². The zero-order valence-corrected chi connectivity index (χ0v) is 11.9. The fraction of sp³-hybridized carbons (Fsp3) is 0.571. The minimum Gasteiger partial charge on any atom is -0.493 e. The van der Waals surface area contributed by atoms with Crippen molar-refractivity contribution in [2.45, 2.75) is 19.3 Å². The molecule has 0 aliphatic heterocycles. The number of nitrogens with two attached hydrogens (primary N) is 1. The fourth-order valence-electron chi connectivity index (χ4n) is 1.75. The molecule has 0 spiro atoms. The molecule has 0 saturated heterocycles. The van der Waals surface area contributed by atoms with Crippen molar-refractivity contribution in [3.63, 3.8) is 0 Å². The van der Waals surface area contributed by atoms with Crippen LogP contribution in [0.4, 0.5) is 0 Å². The van der Waals surface area contributed by atoms with Crippen LogP contribution in [-0.4, -0.2) is 34.5 Å². The summed E-state index contributed by atoms with van der Waals surface area (Å²) in [7, 11) is 4.75. The lowest BCUT2D eigenvalue weighted by Crippen LogP contribution is -2.02. The number of benzene rings is 1. The predicted molar refractivity (Wildman–Crippen MR) is 74.5 cm³/mol. The summed E-state index contributed by atoms with van der Waals surface area (Å²) in [5, 5.41) is 0. The average Bonchev–Trinajstić information content (AvgIpc) is 2.45. The van der Waals surface area contributed by atoms with Crippen LogP contribution in [0.1, 0.15) is 19.3 Å². The largest absolute Gasteiger partial charge is 0.493 e. The number of hydrogen-bond acceptors (Lipinski definition) is 5. The molecule has 0 aliphatic rings. The molecule has 2 N–H and O–H groups in total. The molecule has 0 heterocycles. The van der Waals surface area contributed by atoms with Crippen molar-refractivity contribution in [2.24, 2.45) is 5.73 Å². The van der Waals surface area contributed by atoms with Crippen LogP contribution in [0, 0.1) is 0 Å². The van der Waals surface area contributed by atoms with Crippen molar-refractivity contribution in [1.29, 1.82) is 0 Å². The minimum absolute atomic E-state index is 0.570. The van der Waals surface area contributed by atoms with Crippen LogP contribution in [-0.2, 0) is 0 Å². The normalized spacial score (nSPS) is 10.1. The van der Waals surface area contributed by atoms with Crippen molar-refractivity contribution in [2.75, 3.05) is 34.5 Å². The fourth-order valence-corrected chi connectivity index (χ4v) is 1.75. The molecule has 0 atom stereocenters. The summed E-state index contributed by atoms with van der Waals surface area (Å²) in [6, 6.07) is 3.59. The Morgan fingerprint density at radius 1 is 0.895 bits per heavy atom. The van der Waals surface area contributed by atoms with Crippen LogP contribution in [0.25, 0.3) is 0 Å². The molecule has 0 amide bonds. The maximum absolute atomic E-state index is 5.68. The Labute approximate surface area is 114 Å². The molecule has 0 unspecified atom stereocenters. The van der Waals surface area contributed by atoms with Crippen molar-refractivity contribution in [1.82, 2.24) is 0 Å². The topological polar surface area (TPSA) is 62.9 Å². The molecule has 0 radical (unpaired) electrons. The number of methoxy groups -OCH3 is 3. The first-order valence-corrected chi connectivity index (χ1v) is 6.39. The van der Waals surface area contributed by atoms with Crippen LogP contribution in [0.5, 0.6) is 23.0 Å². The second-order valence-corrected chi connectivity index (χ2v) is 4.06. The summed E-state index contributed by atoms with van der Waals surface area (Å²) >= 11 is 0. The van der Waals surface area contributed by atoms with E-state index in [1.807, 2.05) is 0 Å². The highest BCUT2D eigenvalue weighted by Crippen LogP contribution is 2.40. The van der Waals surface area contributed by atoms with Gasteiger partial charge >= 0.3 is 0 Å². The summed E-state index contributed by atoms with van der Waals surface area (Å²) in [5.41, 5.74) is 5.44. The molecule has 0 fully saturated rings. The van der Waals surface area contributed by atoms with E-state index in [2.05, 4.69) is 0 Å². The highest BCUT2D eigenvalue weighted by molar-refractivity contribution is 5.55. The molecule has 1 rings (SSSR count). The summed E-state index contributed by atoms with van der Waals surface area (Å²) in [5.74, 6) is 2.47. The zero-order chi connectivity index (χ0) is 14.1. The first kappa shape index (κ1) is 15.4. The maximum Gasteiger partial charge on any atom is 0.203 e. The highest BCUT2D eigenvalue weighted by atomic mass is 16.5. The van der Waals surface area contributed by atoms with Gasteiger partial charge in [0.25, 0.3) is 0 Å². The van der Waals surface area contributed by atoms with Crippen LogP contribution in [0.2, 0.25) is 0 Å². The van der Waals surface area contributed by atoms with E-state index in [1.165, 1.54) is 0 Å². The molecule has 5 nitrogen and oxygen atoms in total. The molecule has 1 aromatic carbocycles. The predicted octanol–water partition coefficient (Wildman–Crippen LogP) is 2.22. The van der Waals surface area contributed by atoms with E-state index in [9.17, 15) is 0 Å². The quantitative estimate of drug-likeness (QED) is 0.696. The summed E-state index contributed by atoms with van der Waals surface area (Å²) < 4.78 is 21.5. The minimum atomic E-state index is 0.570. The van der Waals surface area contributed by atoms with Crippen LogP contribution >= 0.6 is 0 Å². The van der Waals surface area contributed by atoms with Crippen LogP contribution in [0.15, 0.2) is 12.1 Å². The Balaban J connectivity index is 2.68. The zero-order valence-electron chi connectivity index (χ0n) is 11.9. The lowest BCUT2D eigenvalue weighted by atomic mass is 10.2. The third-order valence-corrected chi connectivity index (χ3v) is 2.76. The molecule has 5 heteroatoms. The standard InChI is InChI=1S/C14H23NO4/c1-16-12-9-11(19-8-6-4-5-7-15)10-13(17-2)14(12)18-3/h9-10H,4-8,15H2,1-3H3. The number of unbranched alkanes of at least 4 members (excludes halogenated alkanes) is 2. The lowest BCUT2D eigenvalue weighted by Gasteiger charge is -2.14. The van der Waals surface area contributed by atoms with E-state index < -0.39 is 0 Å². The van der Waals surface area contributed by atoms with Crippen molar-refractivity contribution < 1.29 is 18.9 Å². The number of hydrogen-bond donors (Lipinski definition) is 1. The smallest absolute Gasteiger partial charge is 0.203 e.